The number of hydrogen-bond donors (Lipinski definition) is 2. The molecule has 0 aliphatic carbocycles. The topological polar surface area (TPSA) is 122 Å². The maximum Gasteiger partial charge on any atom is 0.349 e. The fourth-order valence-corrected chi connectivity index (χ4v) is 3.02. The van der Waals surface area contributed by atoms with Crippen LogP contribution in [0.15, 0.2) is 11.6 Å². The van der Waals surface area contributed by atoms with Gasteiger partial charge in [-0.05, 0) is 59.2 Å². The fraction of sp³-hybridized carbons (Fsp3) is 0.524. The highest BCUT2D eigenvalue weighted by molar-refractivity contribution is 6.01. The summed E-state index contributed by atoms with van der Waals surface area (Å²) in [4.78, 5) is 36.0. The lowest BCUT2D eigenvalue weighted by Crippen LogP contribution is -2.46. The summed E-state index contributed by atoms with van der Waals surface area (Å²) >= 11 is 0. The van der Waals surface area contributed by atoms with Crippen molar-refractivity contribution in [2.75, 3.05) is 13.7 Å². The standard InChI is InChI=1S/C21H30N4O5/c1-12(2)23-21(28)24-19(26)16(6)30-20(27)18(10-22)9-17-8-13(3)25(15(17)5)14(4)11-29-7/h8-9,12,14,16H,11H2,1-7H3,(H2,23,24,26,28)/b18-9+/t14-,16+/m1/s1. The summed E-state index contributed by atoms with van der Waals surface area (Å²) in [6.07, 6.45) is 0.179. The van der Waals surface area contributed by atoms with Crippen LogP contribution in [0.25, 0.3) is 6.08 Å². The Labute approximate surface area is 177 Å². The summed E-state index contributed by atoms with van der Waals surface area (Å²) in [7, 11) is 1.62. The van der Waals surface area contributed by atoms with E-state index in [1.54, 1.807) is 21.0 Å². The molecular weight excluding hydrogens is 388 g/mol. The van der Waals surface area contributed by atoms with E-state index in [0.717, 1.165) is 11.4 Å². The number of nitriles is 1. The van der Waals surface area contributed by atoms with Crippen molar-refractivity contribution in [3.05, 3.63) is 28.6 Å². The zero-order valence-corrected chi connectivity index (χ0v) is 18.5. The van der Waals surface area contributed by atoms with Crippen molar-refractivity contribution in [1.29, 1.82) is 5.26 Å². The average Bonchev–Trinajstić information content (AvgIpc) is 2.92. The number of carbonyl (C=O) groups is 3. The molecule has 9 nitrogen and oxygen atoms in total. The largest absolute Gasteiger partial charge is 0.448 e. The van der Waals surface area contributed by atoms with Gasteiger partial charge in [0.2, 0.25) is 0 Å². The van der Waals surface area contributed by atoms with E-state index in [0.29, 0.717) is 12.2 Å². The summed E-state index contributed by atoms with van der Waals surface area (Å²) in [5.74, 6) is -1.73. The lowest BCUT2D eigenvalue weighted by atomic mass is 10.1. The van der Waals surface area contributed by atoms with Crippen LogP contribution >= 0.6 is 0 Å². The van der Waals surface area contributed by atoms with Gasteiger partial charge in [-0.3, -0.25) is 10.1 Å². The van der Waals surface area contributed by atoms with Crippen LogP contribution in [0.2, 0.25) is 0 Å². The van der Waals surface area contributed by atoms with Crippen molar-refractivity contribution in [2.45, 2.75) is 59.7 Å². The first-order chi connectivity index (χ1) is 14.0. The first-order valence-corrected chi connectivity index (χ1v) is 9.63. The van der Waals surface area contributed by atoms with Gasteiger partial charge in [0.1, 0.15) is 11.6 Å². The Morgan fingerprint density at radius 2 is 1.87 bits per heavy atom. The second-order valence-corrected chi connectivity index (χ2v) is 7.34. The van der Waals surface area contributed by atoms with E-state index in [1.165, 1.54) is 13.0 Å². The molecule has 164 valence electrons. The van der Waals surface area contributed by atoms with E-state index in [9.17, 15) is 19.6 Å². The molecule has 30 heavy (non-hydrogen) atoms. The average molecular weight is 418 g/mol. The quantitative estimate of drug-likeness (QED) is 0.380. The molecule has 1 aromatic heterocycles. The molecule has 0 saturated heterocycles. The highest BCUT2D eigenvalue weighted by atomic mass is 16.5. The zero-order valence-electron chi connectivity index (χ0n) is 18.5. The number of aryl methyl sites for hydroxylation is 1. The van der Waals surface area contributed by atoms with Crippen LogP contribution in [0.5, 0.6) is 0 Å². The SMILES string of the molecule is COC[C@@H](C)n1c(C)cc(/C=C(\C#N)C(=O)O[C@@H](C)C(=O)NC(=O)NC(C)C)c1C. The van der Waals surface area contributed by atoms with Gasteiger partial charge in [0.25, 0.3) is 5.91 Å². The molecule has 1 aromatic rings. The minimum absolute atomic E-state index is 0.0790. The maximum atomic E-state index is 12.4. The van der Waals surface area contributed by atoms with E-state index in [-0.39, 0.29) is 17.7 Å². The van der Waals surface area contributed by atoms with Gasteiger partial charge >= 0.3 is 12.0 Å². The van der Waals surface area contributed by atoms with E-state index < -0.39 is 24.0 Å². The minimum atomic E-state index is -1.25. The summed E-state index contributed by atoms with van der Waals surface area (Å²) < 4.78 is 12.3. The van der Waals surface area contributed by atoms with Crippen molar-refractivity contribution >= 4 is 24.0 Å². The van der Waals surface area contributed by atoms with Crippen LogP contribution in [0.4, 0.5) is 4.79 Å². The summed E-state index contributed by atoms with van der Waals surface area (Å²) in [5.41, 5.74) is 2.27. The van der Waals surface area contributed by atoms with Gasteiger partial charge in [0, 0.05) is 24.5 Å². The molecule has 0 unspecified atom stereocenters. The molecule has 9 heteroatoms. The van der Waals surface area contributed by atoms with Crippen LogP contribution in [0.3, 0.4) is 0 Å². The Morgan fingerprint density at radius 1 is 1.23 bits per heavy atom. The Kier molecular flexibility index (Phi) is 9.27. The molecule has 1 heterocycles. The minimum Gasteiger partial charge on any atom is -0.448 e. The normalized spacial score (nSPS) is 13.4. The molecule has 1 rings (SSSR count). The number of urea groups is 1. The Hall–Kier alpha value is -3.12. The molecule has 0 aromatic carbocycles. The third-order valence-electron chi connectivity index (χ3n) is 4.32. The predicted octanol–water partition coefficient (Wildman–Crippen LogP) is 2.39. The molecule has 0 radical (unpaired) electrons. The number of carbonyl (C=O) groups excluding carboxylic acids is 3. The van der Waals surface area contributed by atoms with Gasteiger partial charge in [-0.15, -0.1) is 0 Å². The number of aromatic nitrogens is 1. The van der Waals surface area contributed by atoms with E-state index in [2.05, 4.69) is 15.2 Å². The fourth-order valence-electron chi connectivity index (χ4n) is 3.02. The van der Waals surface area contributed by atoms with Crippen LogP contribution in [0.1, 0.15) is 50.7 Å². The monoisotopic (exact) mass is 418 g/mol. The Balaban J connectivity index is 2.95. The van der Waals surface area contributed by atoms with Crippen molar-refractivity contribution < 1.29 is 23.9 Å². The van der Waals surface area contributed by atoms with Crippen LogP contribution in [0, 0.1) is 25.2 Å². The lowest BCUT2D eigenvalue weighted by molar-refractivity contribution is -0.150. The van der Waals surface area contributed by atoms with Gasteiger partial charge in [0.05, 0.1) is 12.6 Å². The van der Waals surface area contributed by atoms with Gasteiger partial charge < -0.3 is 19.4 Å². The highest BCUT2D eigenvalue weighted by Gasteiger charge is 2.23. The number of esters is 1. The molecule has 2 N–H and O–H groups in total. The molecule has 0 spiro atoms. The number of ether oxygens (including phenoxy) is 2. The molecule has 0 aliphatic heterocycles. The number of nitrogens with one attached hydrogen (secondary N) is 2. The maximum absolute atomic E-state index is 12.4. The Morgan fingerprint density at radius 3 is 2.40 bits per heavy atom. The van der Waals surface area contributed by atoms with E-state index in [1.807, 2.05) is 32.9 Å². The number of imide groups is 1. The predicted molar refractivity (Wildman–Crippen MR) is 111 cm³/mol. The molecule has 0 aliphatic rings. The summed E-state index contributed by atoms with van der Waals surface area (Å²) in [6.45, 7) is 11.1. The van der Waals surface area contributed by atoms with Crippen LogP contribution < -0.4 is 10.6 Å². The van der Waals surface area contributed by atoms with Crippen molar-refractivity contribution in [1.82, 2.24) is 15.2 Å². The molecule has 0 bridgehead atoms. The van der Waals surface area contributed by atoms with Gasteiger partial charge in [0.15, 0.2) is 6.10 Å². The van der Waals surface area contributed by atoms with E-state index >= 15 is 0 Å². The van der Waals surface area contributed by atoms with Gasteiger partial charge in [-0.1, -0.05) is 0 Å². The third-order valence-corrected chi connectivity index (χ3v) is 4.32. The number of nitrogens with zero attached hydrogens (tertiary/aromatic N) is 2. The number of methoxy groups -OCH3 is 1. The lowest BCUT2D eigenvalue weighted by Gasteiger charge is -2.17. The Bertz CT molecular complexity index is 863. The smallest absolute Gasteiger partial charge is 0.349 e. The van der Waals surface area contributed by atoms with Crippen molar-refractivity contribution in [3.8, 4) is 6.07 Å². The van der Waals surface area contributed by atoms with E-state index in [4.69, 9.17) is 9.47 Å². The van der Waals surface area contributed by atoms with Gasteiger partial charge in [-0.25, -0.2) is 9.59 Å². The molecule has 0 saturated carbocycles. The molecule has 3 amide bonds. The second kappa shape index (κ2) is 11.2. The zero-order chi connectivity index (χ0) is 23.0. The van der Waals surface area contributed by atoms with Crippen molar-refractivity contribution in [2.24, 2.45) is 0 Å². The second-order valence-electron chi connectivity index (χ2n) is 7.34. The van der Waals surface area contributed by atoms with Crippen LogP contribution in [-0.4, -0.2) is 48.3 Å². The number of hydrogen-bond acceptors (Lipinski definition) is 6. The highest BCUT2D eigenvalue weighted by Crippen LogP contribution is 2.23. The summed E-state index contributed by atoms with van der Waals surface area (Å²) in [6, 6.07) is 2.91. The van der Waals surface area contributed by atoms with Gasteiger partial charge in [-0.2, -0.15) is 5.26 Å². The molecular formula is C21H30N4O5. The first-order valence-electron chi connectivity index (χ1n) is 9.63. The third kappa shape index (κ3) is 6.74. The summed E-state index contributed by atoms with van der Waals surface area (Å²) in [5, 5.41) is 14.0. The van der Waals surface area contributed by atoms with Crippen LogP contribution in [-0.2, 0) is 19.1 Å². The molecule has 0 fully saturated rings. The number of amides is 3. The first kappa shape index (κ1) is 24.9. The number of rotatable bonds is 8. The molecule has 2 atom stereocenters. The van der Waals surface area contributed by atoms with Crippen molar-refractivity contribution in [3.63, 3.8) is 0 Å².